The summed E-state index contributed by atoms with van der Waals surface area (Å²) >= 11 is 11.9. The Bertz CT molecular complexity index is 697. The molecule has 0 heterocycles. The summed E-state index contributed by atoms with van der Waals surface area (Å²) < 4.78 is 5.51. The highest BCUT2D eigenvalue weighted by Gasteiger charge is 2.04. The fraction of sp³-hybridized carbons (Fsp3) is 0.167. The largest absolute Gasteiger partial charge is 0.494 e. The molecule has 0 aliphatic rings. The van der Waals surface area contributed by atoms with Gasteiger partial charge in [0.25, 0.3) is 0 Å². The molecule has 1 N–H and O–H groups in total. The summed E-state index contributed by atoms with van der Waals surface area (Å²) in [4.78, 5) is 11.9. The third-order valence-corrected chi connectivity index (χ3v) is 3.53. The number of hydrogen-bond acceptors (Lipinski definition) is 2. The Kier molecular flexibility index (Phi) is 6.51. The van der Waals surface area contributed by atoms with E-state index in [-0.39, 0.29) is 5.91 Å². The molecule has 0 saturated heterocycles. The lowest BCUT2D eigenvalue weighted by atomic mass is 10.2. The summed E-state index contributed by atoms with van der Waals surface area (Å²) in [6, 6.07) is 12.4. The molecule has 0 aliphatic heterocycles. The van der Waals surface area contributed by atoms with Gasteiger partial charge >= 0.3 is 0 Å². The molecule has 23 heavy (non-hydrogen) atoms. The van der Waals surface area contributed by atoms with E-state index >= 15 is 0 Å². The van der Waals surface area contributed by atoms with Gasteiger partial charge < -0.3 is 10.1 Å². The van der Waals surface area contributed by atoms with Crippen molar-refractivity contribution in [3.8, 4) is 5.75 Å². The van der Waals surface area contributed by atoms with E-state index in [1.54, 1.807) is 24.3 Å². The van der Waals surface area contributed by atoms with Crippen LogP contribution in [0.2, 0.25) is 10.0 Å². The molecule has 0 aliphatic carbocycles. The SMILES string of the molecule is CCCOc1ccc(/C=C/C(=O)Nc2cc(Cl)ccc2Cl)cc1. The van der Waals surface area contributed by atoms with Gasteiger partial charge in [-0.3, -0.25) is 4.79 Å². The molecule has 2 aromatic rings. The standard InChI is InChI=1S/C18H17Cl2NO2/c1-2-11-23-15-7-3-13(4-8-15)5-10-18(22)21-17-12-14(19)6-9-16(17)20/h3-10,12H,2,11H2,1H3,(H,21,22)/b10-5+. The van der Waals surface area contributed by atoms with Crippen molar-refractivity contribution in [3.63, 3.8) is 0 Å². The predicted molar refractivity (Wildman–Crippen MR) is 96.4 cm³/mol. The van der Waals surface area contributed by atoms with Crippen LogP contribution < -0.4 is 10.1 Å². The molecule has 0 atom stereocenters. The highest BCUT2D eigenvalue weighted by Crippen LogP contribution is 2.25. The van der Waals surface area contributed by atoms with E-state index in [2.05, 4.69) is 12.2 Å². The number of halogens is 2. The first-order valence-corrected chi connectivity index (χ1v) is 8.01. The van der Waals surface area contributed by atoms with E-state index in [4.69, 9.17) is 27.9 Å². The molecular weight excluding hydrogens is 333 g/mol. The first-order chi connectivity index (χ1) is 11.1. The first-order valence-electron chi connectivity index (χ1n) is 7.25. The van der Waals surface area contributed by atoms with Crippen molar-refractivity contribution in [2.45, 2.75) is 13.3 Å². The summed E-state index contributed by atoms with van der Waals surface area (Å²) in [6.07, 6.45) is 4.13. The lowest BCUT2D eigenvalue weighted by Gasteiger charge is -2.05. The number of benzene rings is 2. The fourth-order valence-electron chi connectivity index (χ4n) is 1.83. The molecule has 2 rings (SSSR count). The second-order valence-corrected chi connectivity index (χ2v) is 5.71. The smallest absolute Gasteiger partial charge is 0.248 e. The Labute approximate surface area is 145 Å². The van der Waals surface area contributed by atoms with E-state index in [1.165, 1.54) is 6.08 Å². The summed E-state index contributed by atoms with van der Waals surface area (Å²) in [5, 5.41) is 3.64. The molecule has 120 valence electrons. The number of hydrogen-bond donors (Lipinski definition) is 1. The normalized spacial score (nSPS) is 10.7. The van der Waals surface area contributed by atoms with Gasteiger partial charge in [0, 0.05) is 11.1 Å². The molecule has 0 unspecified atom stereocenters. The van der Waals surface area contributed by atoms with Crippen molar-refractivity contribution in [2.24, 2.45) is 0 Å². The van der Waals surface area contributed by atoms with Crippen LogP contribution in [0.1, 0.15) is 18.9 Å². The second-order valence-electron chi connectivity index (χ2n) is 4.86. The van der Waals surface area contributed by atoms with Crippen molar-refractivity contribution in [3.05, 3.63) is 64.1 Å². The lowest BCUT2D eigenvalue weighted by molar-refractivity contribution is -0.111. The zero-order valence-electron chi connectivity index (χ0n) is 12.7. The fourth-order valence-corrected chi connectivity index (χ4v) is 2.17. The number of carbonyl (C=O) groups excluding carboxylic acids is 1. The van der Waals surface area contributed by atoms with Crippen LogP contribution in [0, 0.1) is 0 Å². The maximum Gasteiger partial charge on any atom is 0.248 e. The maximum atomic E-state index is 11.9. The Morgan fingerprint density at radius 3 is 2.61 bits per heavy atom. The number of rotatable bonds is 6. The van der Waals surface area contributed by atoms with Crippen LogP contribution in [0.15, 0.2) is 48.5 Å². The van der Waals surface area contributed by atoms with Crippen LogP contribution in [0.4, 0.5) is 5.69 Å². The molecule has 0 saturated carbocycles. The van der Waals surface area contributed by atoms with Crippen LogP contribution in [-0.2, 0) is 4.79 Å². The van der Waals surface area contributed by atoms with Crippen LogP contribution in [0.25, 0.3) is 6.08 Å². The van der Waals surface area contributed by atoms with Gasteiger partial charge in [-0.2, -0.15) is 0 Å². The average molecular weight is 350 g/mol. The van der Waals surface area contributed by atoms with Gasteiger partial charge in [-0.25, -0.2) is 0 Å². The Balaban J connectivity index is 1.96. The van der Waals surface area contributed by atoms with E-state index in [0.717, 1.165) is 17.7 Å². The molecule has 2 aromatic carbocycles. The molecular formula is C18H17Cl2NO2. The highest BCUT2D eigenvalue weighted by molar-refractivity contribution is 6.35. The number of amides is 1. The van der Waals surface area contributed by atoms with Crippen molar-refractivity contribution in [1.29, 1.82) is 0 Å². The van der Waals surface area contributed by atoms with Gasteiger partial charge in [0.1, 0.15) is 5.75 Å². The number of anilines is 1. The average Bonchev–Trinajstić information content (AvgIpc) is 2.55. The topological polar surface area (TPSA) is 38.3 Å². The zero-order chi connectivity index (χ0) is 16.7. The monoisotopic (exact) mass is 349 g/mol. The van der Waals surface area contributed by atoms with Gasteiger partial charge in [0.2, 0.25) is 5.91 Å². The Hall–Kier alpha value is -1.97. The molecule has 0 fully saturated rings. The van der Waals surface area contributed by atoms with Gasteiger partial charge in [-0.05, 0) is 48.4 Å². The van der Waals surface area contributed by atoms with Crippen molar-refractivity contribution in [2.75, 3.05) is 11.9 Å². The van der Waals surface area contributed by atoms with E-state index in [9.17, 15) is 4.79 Å². The predicted octanol–water partition coefficient (Wildman–Crippen LogP) is 5.43. The lowest BCUT2D eigenvalue weighted by Crippen LogP contribution is -2.08. The molecule has 0 aromatic heterocycles. The molecule has 0 radical (unpaired) electrons. The minimum absolute atomic E-state index is 0.277. The second kappa shape index (κ2) is 8.61. The minimum atomic E-state index is -0.277. The van der Waals surface area contributed by atoms with Crippen molar-refractivity contribution >= 4 is 40.9 Å². The number of carbonyl (C=O) groups is 1. The molecule has 0 spiro atoms. The number of ether oxygens (including phenoxy) is 1. The van der Waals surface area contributed by atoms with E-state index < -0.39 is 0 Å². The maximum absolute atomic E-state index is 11.9. The number of nitrogens with one attached hydrogen (secondary N) is 1. The van der Waals surface area contributed by atoms with Crippen molar-refractivity contribution in [1.82, 2.24) is 0 Å². The van der Waals surface area contributed by atoms with Gasteiger partial charge in [-0.15, -0.1) is 0 Å². The van der Waals surface area contributed by atoms with Gasteiger partial charge in [-0.1, -0.05) is 42.3 Å². The minimum Gasteiger partial charge on any atom is -0.494 e. The Morgan fingerprint density at radius 2 is 1.91 bits per heavy atom. The quantitative estimate of drug-likeness (QED) is 0.705. The summed E-state index contributed by atoms with van der Waals surface area (Å²) in [7, 11) is 0. The van der Waals surface area contributed by atoms with Crippen LogP contribution in [0.3, 0.4) is 0 Å². The third-order valence-electron chi connectivity index (χ3n) is 2.97. The van der Waals surface area contributed by atoms with Gasteiger partial charge in [0.15, 0.2) is 0 Å². The molecule has 0 bridgehead atoms. The summed E-state index contributed by atoms with van der Waals surface area (Å²) in [5.74, 6) is 0.541. The van der Waals surface area contributed by atoms with Crippen LogP contribution in [0.5, 0.6) is 5.75 Å². The molecule has 3 nitrogen and oxygen atoms in total. The third kappa shape index (κ3) is 5.62. The summed E-state index contributed by atoms with van der Waals surface area (Å²) in [5.41, 5.74) is 1.39. The van der Waals surface area contributed by atoms with Crippen LogP contribution >= 0.6 is 23.2 Å². The van der Waals surface area contributed by atoms with Crippen LogP contribution in [-0.4, -0.2) is 12.5 Å². The van der Waals surface area contributed by atoms with E-state index in [1.807, 2.05) is 24.3 Å². The van der Waals surface area contributed by atoms with Crippen molar-refractivity contribution < 1.29 is 9.53 Å². The highest BCUT2D eigenvalue weighted by atomic mass is 35.5. The van der Waals surface area contributed by atoms with Gasteiger partial charge in [0.05, 0.1) is 17.3 Å². The molecule has 1 amide bonds. The zero-order valence-corrected chi connectivity index (χ0v) is 14.2. The first kappa shape index (κ1) is 17.4. The summed E-state index contributed by atoms with van der Waals surface area (Å²) in [6.45, 7) is 2.75. The Morgan fingerprint density at radius 1 is 1.17 bits per heavy atom. The van der Waals surface area contributed by atoms with E-state index in [0.29, 0.717) is 22.3 Å². The molecule has 5 heteroatoms.